The molecule has 1 aromatic carbocycles. The zero-order chi connectivity index (χ0) is 21.6. The minimum atomic E-state index is -0.660. The number of rotatable bonds is 4. The summed E-state index contributed by atoms with van der Waals surface area (Å²) in [7, 11) is 0. The van der Waals surface area contributed by atoms with Crippen molar-refractivity contribution in [2.75, 3.05) is 0 Å². The van der Waals surface area contributed by atoms with Gasteiger partial charge < -0.3 is 10.4 Å². The highest BCUT2D eigenvalue weighted by Gasteiger charge is 2.44. The average Bonchev–Trinajstić information content (AvgIpc) is 3.52. The van der Waals surface area contributed by atoms with E-state index in [4.69, 9.17) is 0 Å². The van der Waals surface area contributed by atoms with Gasteiger partial charge in [-0.15, -0.1) is 0 Å². The van der Waals surface area contributed by atoms with Crippen LogP contribution < -0.4 is 10.9 Å². The van der Waals surface area contributed by atoms with Gasteiger partial charge in [-0.05, 0) is 37.0 Å². The molecule has 1 aliphatic heterocycles. The van der Waals surface area contributed by atoms with Crippen molar-refractivity contribution in [3.05, 3.63) is 64.1 Å². The molecule has 5 rings (SSSR count). The first-order valence-electron chi connectivity index (χ1n) is 10.2. The van der Waals surface area contributed by atoms with Crippen molar-refractivity contribution >= 4 is 5.91 Å². The van der Waals surface area contributed by atoms with Gasteiger partial charge in [-0.2, -0.15) is 5.10 Å². The highest BCUT2D eigenvalue weighted by molar-refractivity contribution is 5.94. The number of nitrogens with zero attached hydrogens (tertiary/aromatic N) is 5. The second kappa shape index (κ2) is 7.29. The lowest BCUT2D eigenvalue weighted by molar-refractivity contribution is 0.0941. The Morgan fingerprint density at radius 1 is 1.26 bits per heavy atom. The molecule has 0 bridgehead atoms. The van der Waals surface area contributed by atoms with Crippen molar-refractivity contribution in [1.29, 1.82) is 0 Å². The summed E-state index contributed by atoms with van der Waals surface area (Å²) in [6.45, 7) is 0.534. The van der Waals surface area contributed by atoms with E-state index >= 15 is 0 Å². The maximum absolute atomic E-state index is 13.7. The SMILES string of the molecule is O=C(NCc1ccc(F)cc1-n1cncn1)c1nc2n(c(=O)c1O)CCC21CCCC1. The lowest BCUT2D eigenvalue weighted by Gasteiger charge is -2.22. The van der Waals surface area contributed by atoms with E-state index in [1.54, 1.807) is 0 Å². The first kappa shape index (κ1) is 19.4. The van der Waals surface area contributed by atoms with E-state index in [-0.39, 0.29) is 17.7 Å². The van der Waals surface area contributed by atoms with Crippen molar-refractivity contribution in [2.45, 2.75) is 50.6 Å². The summed E-state index contributed by atoms with van der Waals surface area (Å²) in [5.41, 5.74) is -0.0179. The second-order valence-corrected chi connectivity index (χ2v) is 8.12. The van der Waals surface area contributed by atoms with Gasteiger partial charge >= 0.3 is 0 Å². The summed E-state index contributed by atoms with van der Waals surface area (Å²) >= 11 is 0. The van der Waals surface area contributed by atoms with Crippen molar-refractivity contribution in [3.63, 3.8) is 0 Å². The number of hydrogen-bond acceptors (Lipinski definition) is 6. The molecule has 3 aromatic rings. The van der Waals surface area contributed by atoms with Gasteiger partial charge in [-0.25, -0.2) is 19.0 Å². The fourth-order valence-corrected chi connectivity index (χ4v) is 4.77. The summed E-state index contributed by atoms with van der Waals surface area (Å²) in [6, 6.07) is 4.10. The zero-order valence-electron chi connectivity index (χ0n) is 16.7. The molecule has 0 atom stereocenters. The number of carbonyl (C=O) groups excluding carboxylic acids is 1. The Balaban J connectivity index is 1.44. The fraction of sp³-hybridized carbons (Fsp3) is 0.381. The monoisotopic (exact) mass is 424 g/mol. The Morgan fingerprint density at radius 2 is 2.06 bits per heavy atom. The third-order valence-corrected chi connectivity index (χ3v) is 6.36. The minimum Gasteiger partial charge on any atom is -0.501 e. The number of aromatic hydroxyl groups is 1. The number of aromatic nitrogens is 5. The maximum Gasteiger partial charge on any atom is 0.296 e. The average molecular weight is 424 g/mol. The standard InChI is InChI=1S/C21H21FN6O3/c22-14-4-3-13(15(9-14)28-12-23-11-25-28)10-24-18(30)16-17(29)19(31)27-8-7-21(20(27)26-16)5-1-2-6-21/h3-4,9,11-12,29H,1-2,5-8,10H2,(H,24,30). The Kier molecular flexibility index (Phi) is 4.57. The maximum atomic E-state index is 13.7. The molecule has 9 nitrogen and oxygen atoms in total. The molecule has 2 aromatic heterocycles. The number of amides is 1. The molecule has 2 aliphatic rings. The highest BCUT2D eigenvalue weighted by Crippen LogP contribution is 2.46. The van der Waals surface area contributed by atoms with Crippen molar-refractivity contribution in [3.8, 4) is 11.4 Å². The van der Waals surface area contributed by atoms with Crippen molar-refractivity contribution in [2.24, 2.45) is 0 Å². The fourth-order valence-electron chi connectivity index (χ4n) is 4.77. The van der Waals surface area contributed by atoms with Crippen LogP contribution in [0.4, 0.5) is 4.39 Å². The Morgan fingerprint density at radius 3 is 2.81 bits per heavy atom. The van der Waals surface area contributed by atoms with E-state index in [0.29, 0.717) is 23.6 Å². The van der Waals surface area contributed by atoms with Crippen LogP contribution in [0.3, 0.4) is 0 Å². The lowest BCUT2D eigenvalue weighted by atomic mass is 9.84. The largest absolute Gasteiger partial charge is 0.501 e. The molecule has 1 amide bonds. The lowest BCUT2D eigenvalue weighted by Crippen LogP contribution is -2.32. The third-order valence-electron chi connectivity index (χ3n) is 6.36. The molecule has 1 saturated carbocycles. The molecular formula is C21H21FN6O3. The van der Waals surface area contributed by atoms with Crippen LogP contribution in [0.2, 0.25) is 0 Å². The van der Waals surface area contributed by atoms with Gasteiger partial charge in [0.2, 0.25) is 5.75 Å². The van der Waals surface area contributed by atoms with Crippen LogP contribution in [-0.2, 0) is 18.5 Å². The smallest absolute Gasteiger partial charge is 0.296 e. The highest BCUT2D eigenvalue weighted by atomic mass is 19.1. The van der Waals surface area contributed by atoms with Crippen molar-refractivity contribution < 1.29 is 14.3 Å². The molecule has 0 unspecified atom stereocenters. The number of fused-ring (bicyclic) bond motifs is 2. The second-order valence-electron chi connectivity index (χ2n) is 8.12. The predicted octanol–water partition coefficient (Wildman–Crippen LogP) is 1.81. The van der Waals surface area contributed by atoms with Crippen LogP contribution in [0, 0.1) is 5.82 Å². The summed E-state index contributed by atoms with van der Waals surface area (Å²) in [4.78, 5) is 33.9. The number of benzene rings is 1. The molecule has 1 aliphatic carbocycles. The molecule has 2 N–H and O–H groups in total. The van der Waals surface area contributed by atoms with Gasteiger partial charge in [0.1, 0.15) is 24.3 Å². The van der Waals surface area contributed by atoms with Crippen LogP contribution >= 0.6 is 0 Å². The molecule has 0 radical (unpaired) electrons. The molecule has 31 heavy (non-hydrogen) atoms. The van der Waals surface area contributed by atoms with Gasteiger partial charge in [-0.1, -0.05) is 18.9 Å². The number of nitrogens with one attached hydrogen (secondary N) is 1. The van der Waals surface area contributed by atoms with Crippen molar-refractivity contribution in [1.82, 2.24) is 29.6 Å². The summed E-state index contributed by atoms with van der Waals surface area (Å²) in [5.74, 6) is -1.16. The number of halogens is 1. The van der Waals surface area contributed by atoms with E-state index in [2.05, 4.69) is 20.4 Å². The van der Waals surface area contributed by atoms with E-state index in [1.165, 1.54) is 40.1 Å². The predicted molar refractivity (Wildman–Crippen MR) is 107 cm³/mol. The number of hydrogen-bond donors (Lipinski definition) is 2. The van der Waals surface area contributed by atoms with E-state index in [1.807, 2.05) is 0 Å². The Labute approximate surface area is 176 Å². The van der Waals surface area contributed by atoms with Gasteiger partial charge in [0, 0.05) is 18.5 Å². The minimum absolute atomic E-state index is 0.0268. The molecule has 3 heterocycles. The molecule has 10 heteroatoms. The van der Waals surface area contributed by atoms with Crippen LogP contribution in [0.5, 0.6) is 5.75 Å². The quantitative estimate of drug-likeness (QED) is 0.660. The Bertz CT molecular complexity index is 1210. The van der Waals surface area contributed by atoms with Gasteiger partial charge in [0.25, 0.3) is 11.5 Å². The van der Waals surface area contributed by atoms with E-state index < -0.39 is 23.0 Å². The summed E-state index contributed by atoms with van der Waals surface area (Å²) in [5, 5.41) is 17.1. The first-order chi connectivity index (χ1) is 15.0. The summed E-state index contributed by atoms with van der Waals surface area (Å²) in [6.07, 6.45) is 7.55. The van der Waals surface area contributed by atoms with Crippen LogP contribution in [0.25, 0.3) is 5.69 Å². The first-order valence-corrected chi connectivity index (χ1v) is 10.2. The molecule has 1 fully saturated rings. The molecule has 1 spiro atoms. The van der Waals surface area contributed by atoms with Crippen LogP contribution in [0.15, 0.2) is 35.6 Å². The topological polar surface area (TPSA) is 115 Å². The Hall–Kier alpha value is -3.56. The normalized spacial score (nSPS) is 16.5. The van der Waals surface area contributed by atoms with Crippen LogP contribution in [0.1, 0.15) is 54.0 Å². The molecule has 0 saturated heterocycles. The third kappa shape index (κ3) is 3.18. The molecular weight excluding hydrogens is 403 g/mol. The number of carbonyl (C=O) groups is 1. The van der Waals surface area contributed by atoms with Gasteiger partial charge in [0.15, 0.2) is 5.69 Å². The van der Waals surface area contributed by atoms with E-state index in [9.17, 15) is 19.1 Å². The zero-order valence-corrected chi connectivity index (χ0v) is 16.7. The molecule has 160 valence electrons. The van der Waals surface area contributed by atoms with Gasteiger partial charge in [-0.3, -0.25) is 14.2 Å². The van der Waals surface area contributed by atoms with E-state index in [0.717, 1.165) is 32.1 Å². The van der Waals surface area contributed by atoms with Crippen LogP contribution in [-0.4, -0.2) is 35.3 Å². The van der Waals surface area contributed by atoms with Gasteiger partial charge in [0.05, 0.1) is 5.69 Å². The summed E-state index contributed by atoms with van der Waals surface area (Å²) < 4.78 is 16.6.